The van der Waals surface area contributed by atoms with Gasteiger partial charge in [-0.3, -0.25) is 4.79 Å². The standard InChI is InChI=1S/C23H24N2O4S/c1-5-13-25-17-11-9-10-12-20(17)30-23(25)24-22(26)16-14-18(27-6-2)21(29-8-4)19(15-16)28-7-3/h1,9-12,14-15H,6-8,13H2,2-4H3. The zero-order chi connectivity index (χ0) is 21.5. The van der Waals surface area contributed by atoms with Crippen LogP contribution in [0.1, 0.15) is 31.1 Å². The van der Waals surface area contributed by atoms with E-state index >= 15 is 0 Å². The van der Waals surface area contributed by atoms with Crippen LogP contribution in [0.4, 0.5) is 0 Å². The van der Waals surface area contributed by atoms with Gasteiger partial charge in [0.1, 0.15) is 0 Å². The first-order chi connectivity index (χ1) is 14.6. The zero-order valence-corrected chi connectivity index (χ0v) is 18.1. The zero-order valence-electron chi connectivity index (χ0n) is 17.3. The highest BCUT2D eigenvalue weighted by Gasteiger charge is 2.18. The van der Waals surface area contributed by atoms with Gasteiger partial charge in [-0.25, -0.2) is 0 Å². The summed E-state index contributed by atoms with van der Waals surface area (Å²) in [5, 5.41) is 0. The molecule has 0 fully saturated rings. The summed E-state index contributed by atoms with van der Waals surface area (Å²) in [5.41, 5.74) is 1.30. The van der Waals surface area contributed by atoms with Crippen molar-refractivity contribution in [1.82, 2.24) is 4.57 Å². The maximum Gasteiger partial charge on any atom is 0.279 e. The maximum atomic E-state index is 13.1. The van der Waals surface area contributed by atoms with Gasteiger partial charge in [0.2, 0.25) is 5.75 Å². The number of para-hydroxylation sites is 1. The Labute approximate surface area is 179 Å². The topological polar surface area (TPSA) is 62.1 Å². The minimum atomic E-state index is -0.405. The lowest BCUT2D eigenvalue weighted by Gasteiger charge is -2.16. The molecule has 30 heavy (non-hydrogen) atoms. The molecular formula is C23H24N2O4S. The molecule has 7 heteroatoms. The highest BCUT2D eigenvalue weighted by Crippen LogP contribution is 2.39. The van der Waals surface area contributed by atoms with Gasteiger partial charge in [-0.05, 0) is 45.0 Å². The van der Waals surface area contributed by atoms with E-state index in [-0.39, 0.29) is 0 Å². The van der Waals surface area contributed by atoms with E-state index in [1.54, 1.807) is 12.1 Å². The molecule has 0 aliphatic rings. The second kappa shape index (κ2) is 9.99. The van der Waals surface area contributed by atoms with Crippen LogP contribution in [0.25, 0.3) is 10.2 Å². The molecule has 0 unspecified atom stereocenters. The first-order valence-corrected chi connectivity index (χ1v) is 10.6. The number of terminal acetylenes is 1. The number of rotatable bonds is 8. The Hall–Kier alpha value is -3.24. The predicted molar refractivity (Wildman–Crippen MR) is 118 cm³/mol. The summed E-state index contributed by atoms with van der Waals surface area (Å²) in [6.07, 6.45) is 5.53. The summed E-state index contributed by atoms with van der Waals surface area (Å²) >= 11 is 1.42. The van der Waals surface area contributed by atoms with Crippen molar-refractivity contribution in [3.8, 4) is 29.6 Å². The van der Waals surface area contributed by atoms with Crippen LogP contribution >= 0.6 is 11.3 Å². The number of aromatic nitrogens is 1. The average Bonchev–Trinajstić information content (AvgIpc) is 3.08. The smallest absolute Gasteiger partial charge is 0.279 e. The lowest BCUT2D eigenvalue weighted by Crippen LogP contribution is -2.16. The number of hydrogen-bond acceptors (Lipinski definition) is 5. The molecule has 0 spiro atoms. The molecule has 0 aliphatic carbocycles. The van der Waals surface area contributed by atoms with Gasteiger partial charge in [0, 0.05) is 5.56 Å². The lowest BCUT2D eigenvalue weighted by atomic mass is 10.1. The van der Waals surface area contributed by atoms with E-state index in [2.05, 4.69) is 10.9 Å². The molecule has 1 amide bonds. The van der Waals surface area contributed by atoms with Crippen molar-refractivity contribution >= 4 is 27.5 Å². The molecule has 0 saturated carbocycles. The van der Waals surface area contributed by atoms with Gasteiger partial charge in [0.25, 0.3) is 5.91 Å². The van der Waals surface area contributed by atoms with E-state index in [0.717, 1.165) is 10.2 Å². The molecule has 1 aromatic heterocycles. The first kappa shape index (κ1) is 21.5. The monoisotopic (exact) mass is 424 g/mol. The number of benzene rings is 2. The van der Waals surface area contributed by atoms with Gasteiger partial charge >= 0.3 is 0 Å². The predicted octanol–water partition coefficient (Wildman–Crippen LogP) is 4.27. The molecule has 1 heterocycles. The van der Waals surface area contributed by atoms with Crippen LogP contribution < -0.4 is 19.0 Å². The lowest BCUT2D eigenvalue weighted by molar-refractivity contribution is 0.0996. The van der Waals surface area contributed by atoms with Crippen molar-refractivity contribution in [2.45, 2.75) is 27.3 Å². The van der Waals surface area contributed by atoms with Crippen molar-refractivity contribution in [3.63, 3.8) is 0 Å². The van der Waals surface area contributed by atoms with Crippen LogP contribution in [0.3, 0.4) is 0 Å². The third kappa shape index (κ3) is 4.50. The van der Waals surface area contributed by atoms with E-state index in [9.17, 15) is 4.79 Å². The van der Waals surface area contributed by atoms with Gasteiger partial charge in [-0.15, -0.1) is 6.42 Å². The van der Waals surface area contributed by atoms with Crippen molar-refractivity contribution in [2.75, 3.05) is 19.8 Å². The first-order valence-electron chi connectivity index (χ1n) is 9.80. The van der Waals surface area contributed by atoms with Crippen LogP contribution in [0.2, 0.25) is 0 Å². The Bertz CT molecular complexity index is 1130. The number of hydrogen-bond donors (Lipinski definition) is 0. The van der Waals surface area contributed by atoms with Crippen molar-refractivity contribution in [3.05, 3.63) is 46.8 Å². The molecule has 0 atom stereocenters. The molecule has 0 N–H and O–H groups in total. The van der Waals surface area contributed by atoms with E-state index in [4.69, 9.17) is 20.6 Å². The fourth-order valence-corrected chi connectivity index (χ4v) is 4.04. The second-order valence-electron chi connectivity index (χ2n) is 6.16. The quantitative estimate of drug-likeness (QED) is 0.507. The van der Waals surface area contributed by atoms with Crippen molar-refractivity contribution < 1.29 is 19.0 Å². The Morgan fingerprint density at radius 3 is 2.30 bits per heavy atom. The van der Waals surface area contributed by atoms with E-state index in [1.807, 2.05) is 49.6 Å². The van der Waals surface area contributed by atoms with Gasteiger partial charge in [0.15, 0.2) is 16.3 Å². The van der Waals surface area contributed by atoms with Crippen LogP contribution in [0, 0.1) is 12.3 Å². The highest BCUT2D eigenvalue weighted by molar-refractivity contribution is 7.16. The number of ether oxygens (including phenoxy) is 3. The molecule has 0 radical (unpaired) electrons. The minimum absolute atomic E-state index is 0.327. The molecule has 3 aromatic rings. The maximum absolute atomic E-state index is 13.1. The van der Waals surface area contributed by atoms with Gasteiger partial charge in [0.05, 0.1) is 36.6 Å². The molecule has 0 bridgehead atoms. The molecule has 2 aromatic carbocycles. The summed E-state index contributed by atoms with van der Waals surface area (Å²) in [6, 6.07) is 11.1. The van der Waals surface area contributed by atoms with E-state index in [0.29, 0.717) is 54.0 Å². The number of nitrogens with zero attached hydrogens (tertiary/aromatic N) is 2. The van der Waals surface area contributed by atoms with Gasteiger partial charge in [-0.2, -0.15) is 4.99 Å². The van der Waals surface area contributed by atoms with Crippen LogP contribution in [-0.2, 0) is 6.54 Å². The van der Waals surface area contributed by atoms with E-state index < -0.39 is 5.91 Å². The second-order valence-corrected chi connectivity index (χ2v) is 7.17. The molecule has 0 saturated heterocycles. The minimum Gasteiger partial charge on any atom is -0.490 e. The fourth-order valence-electron chi connectivity index (χ4n) is 3.01. The van der Waals surface area contributed by atoms with Gasteiger partial charge < -0.3 is 18.8 Å². The summed E-state index contributed by atoms with van der Waals surface area (Å²) in [5.74, 6) is 3.62. The average molecular weight is 425 g/mol. The Kier molecular flexibility index (Phi) is 7.15. The van der Waals surface area contributed by atoms with Gasteiger partial charge in [-0.1, -0.05) is 29.4 Å². The Morgan fingerprint density at radius 1 is 1.07 bits per heavy atom. The highest BCUT2D eigenvalue weighted by atomic mass is 32.1. The summed E-state index contributed by atoms with van der Waals surface area (Å²) < 4.78 is 20.0. The fraction of sp³-hybridized carbons (Fsp3) is 0.304. The Balaban J connectivity index is 2.12. The molecular weight excluding hydrogens is 400 g/mol. The summed E-state index contributed by atoms with van der Waals surface area (Å²) in [7, 11) is 0. The third-order valence-electron chi connectivity index (χ3n) is 4.19. The largest absolute Gasteiger partial charge is 0.490 e. The van der Waals surface area contributed by atoms with Crippen LogP contribution in [0.15, 0.2) is 41.4 Å². The van der Waals surface area contributed by atoms with Crippen molar-refractivity contribution in [1.29, 1.82) is 0 Å². The van der Waals surface area contributed by atoms with Crippen molar-refractivity contribution in [2.24, 2.45) is 4.99 Å². The normalized spacial score (nSPS) is 11.3. The molecule has 3 rings (SSSR count). The number of carbonyl (C=O) groups is 1. The van der Waals surface area contributed by atoms with Crippen LogP contribution in [-0.4, -0.2) is 30.3 Å². The molecule has 156 valence electrons. The number of amides is 1. The number of thiazole rings is 1. The van der Waals surface area contributed by atoms with E-state index in [1.165, 1.54) is 11.3 Å². The summed E-state index contributed by atoms with van der Waals surface area (Å²) in [6.45, 7) is 7.26. The SMILES string of the molecule is C#CCn1c(=NC(=O)c2cc(OCC)c(OCC)c(OCC)c2)sc2ccccc21. The molecule has 0 aliphatic heterocycles. The summed E-state index contributed by atoms with van der Waals surface area (Å²) in [4.78, 5) is 18.0. The number of carbonyl (C=O) groups excluding carboxylic acids is 1. The van der Waals surface area contributed by atoms with Crippen LogP contribution in [0.5, 0.6) is 17.2 Å². The number of fused-ring (bicyclic) bond motifs is 1. The molecule has 6 nitrogen and oxygen atoms in total. The third-order valence-corrected chi connectivity index (χ3v) is 5.25. The Morgan fingerprint density at radius 2 is 1.70 bits per heavy atom.